The van der Waals surface area contributed by atoms with Crippen LogP contribution < -0.4 is 0 Å². The number of ether oxygens (including phenoxy) is 2. The van der Waals surface area contributed by atoms with Gasteiger partial charge in [0.15, 0.2) is 0 Å². The molecule has 1 fully saturated rings. The zero-order valence-electron chi connectivity index (χ0n) is 8.64. The van der Waals surface area contributed by atoms with Gasteiger partial charge in [-0.2, -0.15) is 22.0 Å². The van der Waals surface area contributed by atoms with Crippen LogP contribution in [0.4, 0.5) is 22.0 Å². The molecule has 0 aromatic carbocycles. The molecule has 1 aliphatic heterocycles. The second-order valence-corrected chi connectivity index (χ2v) is 3.51. The number of alkyl halides is 5. The normalized spacial score (nSPS) is 33.4. The van der Waals surface area contributed by atoms with E-state index < -0.39 is 37.0 Å². The molecule has 17 heavy (non-hydrogen) atoms. The lowest BCUT2D eigenvalue weighted by atomic mass is 9.97. The maximum absolute atomic E-state index is 13.5. The highest BCUT2D eigenvalue weighted by Crippen LogP contribution is 2.48. The summed E-state index contributed by atoms with van der Waals surface area (Å²) in [5.74, 6) is -9.09. The van der Waals surface area contributed by atoms with Gasteiger partial charge in [-0.3, -0.25) is 0 Å². The molecule has 0 radical (unpaired) electrons. The SMILES string of the molecule is C=CCOC1CCOC(O)(C(F)(F)F)C1(F)F. The fourth-order valence-electron chi connectivity index (χ4n) is 1.45. The summed E-state index contributed by atoms with van der Waals surface area (Å²) in [4.78, 5) is 0. The molecule has 8 heteroatoms. The lowest BCUT2D eigenvalue weighted by Crippen LogP contribution is -2.68. The van der Waals surface area contributed by atoms with Gasteiger partial charge in [0.1, 0.15) is 6.10 Å². The first-order valence-electron chi connectivity index (χ1n) is 4.70. The molecule has 100 valence electrons. The summed E-state index contributed by atoms with van der Waals surface area (Å²) in [7, 11) is 0. The summed E-state index contributed by atoms with van der Waals surface area (Å²) >= 11 is 0. The first kappa shape index (κ1) is 14.3. The molecule has 1 saturated heterocycles. The highest BCUT2D eigenvalue weighted by atomic mass is 19.4. The molecule has 2 atom stereocenters. The van der Waals surface area contributed by atoms with Gasteiger partial charge >= 0.3 is 17.9 Å². The summed E-state index contributed by atoms with van der Waals surface area (Å²) < 4.78 is 72.5. The summed E-state index contributed by atoms with van der Waals surface area (Å²) in [6.45, 7) is 2.18. The van der Waals surface area contributed by atoms with Crippen LogP contribution in [0.2, 0.25) is 0 Å². The van der Waals surface area contributed by atoms with E-state index in [1.54, 1.807) is 0 Å². The molecule has 3 nitrogen and oxygen atoms in total. The van der Waals surface area contributed by atoms with Crippen molar-refractivity contribution in [3.8, 4) is 0 Å². The first-order chi connectivity index (χ1) is 7.67. The van der Waals surface area contributed by atoms with Gasteiger partial charge in [-0.05, 0) is 0 Å². The molecule has 1 aliphatic rings. The third-order valence-electron chi connectivity index (χ3n) is 2.35. The van der Waals surface area contributed by atoms with Gasteiger partial charge in [0.05, 0.1) is 13.2 Å². The maximum atomic E-state index is 13.5. The van der Waals surface area contributed by atoms with Crippen LogP contribution in [0.1, 0.15) is 6.42 Å². The van der Waals surface area contributed by atoms with Crippen LogP contribution in [0.5, 0.6) is 0 Å². The van der Waals surface area contributed by atoms with E-state index in [2.05, 4.69) is 16.1 Å². The number of halogens is 5. The van der Waals surface area contributed by atoms with E-state index in [1.807, 2.05) is 0 Å². The van der Waals surface area contributed by atoms with Gasteiger partial charge in [-0.25, -0.2) is 0 Å². The molecule has 0 aromatic rings. The van der Waals surface area contributed by atoms with Gasteiger partial charge in [0.2, 0.25) is 0 Å². The summed E-state index contributed by atoms with van der Waals surface area (Å²) in [5, 5.41) is 9.00. The standard InChI is InChI=1S/C9H11F5O3/c1-2-4-16-6-3-5-17-8(15,7(6,10)11)9(12,13)14/h2,6,15H,1,3-5H2. The molecule has 1 rings (SSSR count). The summed E-state index contributed by atoms with van der Waals surface area (Å²) in [5.41, 5.74) is 0. The van der Waals surface area contributed by atoms with Gasteiger partial charge in [-0.1, -0.05) is 6.08 Å². The average molecular weight is 262 g/mol. The van der Waals surface area contributed by atoms with Crippen molar-refractivity contribution in [1.29, 1.82) is 0 Å². The second kappa shape index (κ2) is 4.51. The quantitative estimate of drug-likeness (QED) is 0.623. The fourth-order valence-corrected chi connectivity index (χ4v) is 1.45. The van der Waals surface area contributed by atoms with Crippen LogP contribution in [-0.2, 0) is 9.47 Å². The second-order valence-electron chi connectivity index (χ2n) is 3.51. The smallest absolute Gasteiger partial charge is 0.368 e. The number of hydrogen-bond donors (Lipinski definition) is 1. The van der Waals surface area contributed by atoms with E-state index in [4.69, 9.17) is 5.11 Å². The van der Waals surface area contributed by atoms with E-state index in [9.17, 15) is 22.0 Å². The summed E-state index contributed by atoms with van der Waals surface area (Å²) in [6.07, 6.45) is -7.00. The first-order valence-corrected chi connectivity index (χ1v) is 4.70. The Balaban J connectivity index is 2.97. The monoisotopic (exact) mass is 262 g/mol. The van der Waals surface area contributed by atoms with Crippen molar-refractivity contribution in [2.75, 3.05) is 13.2 Å². The van der Waals surface area contributed by atoms with Crippen molar-refractivity contribution in [1.82, 2.24) is 0 Å². The Kier molecular flexibility index (Phi) is 3.80. The zero-order chi connectivity index (χ0) is 13.3. The van der Waals surface area contributed by atoms with E-state index >= 15 is 0 Å². The predicted molar refractivity (Wildman–Crippen MR) is 46.5 cm³/mol. The number of hydrogen-bond acceptors (Lipinski definition) is 3. The zero-order valence-corrected chi connectivity index (χ0v) is 8.64. The van der Waals surface area contributed by atoms with Crippen LogP contribution in [0.3, 0.4) is 0 Å². The fraction of sp³-hybridized carbons (Fsp3) is 0.778. The van der Waals surface area contributed by atoms with Gasteiger partial charge in [0.25, 0.3) is 0 Å². The summed E-state index contributed by atoms with van der Waals surface area (Å²) in [6, 6.07) is 0. The van der Waals surface area contributed by atoms with Gasteiger partial charge < -0.3 is 14.6 Å². The lowest BCUT2D eigenvalue weighted by Gasteiger charge is -2.43. The van der Waals surface area contributed by atoms with Crippen LogP contribution >= 0.6 is 0 Å². The number of rotatable bonds is 3. The third-order valence-corrected chi connectivity index (χ3v) is 2.35. The third kappa shape index (κ3) is 2.29. The van der Waals surface area contributed by atoms with E-state index in [0.29, 0.717) is 0 Å². The highest BCUT2D eigenvalue weighted by molar-refractivity contribution is 5.00. The molecule has 0 aliphatic carbocycles. The largest absolute Gasteiger partial charge is 0.449 e. The molecule has 0 saturated carbocycles. The molecular weight excluding hydrogens is 251 g/mol. The van der Waals surface area contributed by atoms with Crippen molar-refractivity contribution in [2.24, 2.45) is 0 Å². The van der Waals surface area contributed by atoms with Crippen LogP contribution in [0.25, 0.3) is 0 Å². The molecule has 0 spiro atoms. The predicted octanol–water partition coefficient (Wildman–Crippen LogP) is 1.86. The Hall–Kier alpha value is -0.730. The maximum Gasteiger partial charge on any atom is 0.449 e. The van der Waals surface area contributed by atoms with Crippen molar-refractivity contribution < 1.29 is 36.5 Å². The van der Waals surface area contributed by atoms with Crippen molar-refractivity contribution in [2.45, 2.75) is 30.4 Å². The Bertz CT molecular complexity index is 291. The number of aliphatic hydroxyl groups is 1. The highest BCUT2D eigenvalue weighted by Gasteiger charge is 2.75. The van der Waals surface area contributed by atoms with E-state index in [0.717, 1.165) is 6.08 Å². The Morgan fingerprint density at radius 3 is 2.53 bits per heavy atom. The Morgan fingerprint density at radius 2 is 2.06 bits per heavy atom. The molecule has 1 N–H and O–H groups in total. The van der Waals surface area contributed by atoms with Crippen LogP contribution in [-0.4, -0.2) is 42.3 Å². The van der Waals surface area contributed by atoms with Gasteiger partial charge in [-0.15, -0.1) is 6.58 Å². The van der Waals surface area contributed by atoms with Crippen molar-refractivity contribution in [3.05, 3.63) is 12.7 Å². The molecule has 2 unspecified atom stereocenters. The molecule has 0 bridgehead atoms. The van der Waals surface area contributed by atoms with Crippen LogP contribution in [0, 0.1) is 0 Å². The lowest BCUT2D eigenvalue weighted by molar-refractivity contribution is -0.457. The Morgan fingerprint density at radius 1 is 1.47 bits per heavy atom. The minimum absolute atomic E-state index is 0.339. The topological polar surface area (TPSA) is 38.7 Å². The molecule has 0 amide bonds. The van der Waals surface area contributed by atoms with Gasteiger partial charge in [0, 0.05) is 6.42 Å². The minimum atomic E-state index is -5.60. The molecular formula is C9H11F5O3. The van der Waals surface area contributed by atoms with Crippen molar-refractivity contribution >= 4 is 0 Å². The van der Waals surface area contributed by atoms with Crippen LogP contribution in [0.15, 0.2) is 12.7 Å². The van der Waals surface area contributed by atoms with E-state index in [1.165, 1.54) is 0 Å². The average Bonchev–Trinajstić information content (AvgIpc) is 2.18. The Labute approximate surface area is 93.8 Å². The molecule has 1 heterocycles. The molecule has 0 aromatic heterocycles. The van der Waals surface area contributed by atoms with E-state index in [-0.39, 0.29) is 6.61 Å². The van der Waals surface area contributed by atoms with Crippen molar-refractivity contribution in [3.63, 3.8) is 0 Å². The minimum Gasteiger partial charge on any atom is -0.368 e.